The van der Waals surface area contributed by atoms with Gasteiger partial charge in [-0.15, -0.1) is 0 Å². The summed E-state index contributed by atoms with van der Waals surface area (Å²) in [5.74, 6) is 0.0266. The van der Waals surface area contributed by atoms with Crippen molar-refractivity contribution in [3.63, 3.8) is 0 Å². The molecule has 24 heavy (non-hydrogen) atoms. The second kappa shape index (κ2) is 7.92. The van der Waals surface area contributed by atoms with Gasteiger partial charge in [0, 0.05) is 44.8 Å². The van der Waals surface area contributed by atoms with Crippen LogP contribution in [0.2, 0.25) is 0 Å². The van der Waals surface area contributed by atoms with Crippen molar-refractivity contribution in [2.75, 3.05) is 38.1 Å². The fraction of sp³-hybridized carbons (Fsp3) is 0.471. The number of likely N-dealkylation sites (N-methyl/N-ethyl adjacent to an activating group) is 1. The van der Waals surface area contributed by atoms with Crippen LogP contribution in [0.5, 0.6) is 0 Å². The summed E-state index contributed by atoms with van der Waals surface area (Å²) in [5, 5.41) is 7.01. The van der Waals surface area contributed by atoms with E-state index in [2.05, 4.69) is 50.4 Å². The van der Waals surface area contributed by atoms with Gasteiger partial charge in [-0.3, -0.25) is 9.48 Å². The number of hydrogen-bond acceptors (Lipinski definition) is 5. The van der Waals surface area contributed by atoms with Crippen molar-refractivity contribution in [1.82, 2.24) is 25.0 Å². The Morgan fingerprint density at radius 2 is 2.00 bits per heavy atom. The van der Waals surface area contributed by atoms with Gasteiger partial charge >= 0.3 is 0 Å². The smallest absolute Gasteiger partial charge is 0.222 e. The highest BCUT2D eigenvalue weighted by Crippen LogP contribution is 2.21. The highest BCUT2D eigenvalue weighted by atomic mass is 16.1. The van der Waals surface area contributed by atoms with E-state index >= 15 is 0 Å². The Morgan fingerprint density at radius 1 is 1.21 bits per heavy atom. The molecule has 128 valence electrons. The first-order valence-corrected chi connectivity index (χ1v) is 8.33. The van der Waals surface area contributed by atoms with Gasteiger partial charge in [0.25, 0.3) is 0 Å². The van der Waals surface area contributed by atoms with Gasteiger partial charge in [-0.25, -0.2) is 4.98 Å². The SMILES string of the molecule is CN1CCN(c2ccccc2CNC(=O)CCn2cncn2)CC1. The monoisotopic (exact) mass is 328 g/mol. The number of nitrogens with one attached hydrogen (secondary N) is 1. The predicted octanol–water partition coefficient (Wildman–Crippen LogP) is 0.736. The summed E-state index contributed by atoms with van der Waals surface area (Å²) in [5.41, 5.74) is 2.39. The van der Waals surface area contributed by atoms with Crippen molar-refractivity contribution in [2.24, 2.45) is 0 Å². The molecule has 0 atom stereocenters. The summed E-state index contributed by atoms with van der Waals surface area (Å²) in [4.78, 5) is 20.7. The van der Waals surface area contributed by atoms with Gasteiger partial charge in [-0.2, -0.15) is 5.10 Å². The Hall–Kier alpha value is -2.41. The minimum Gasteiger partial charge on any atom is -0.369 e. The van der Waals surface area contributed by atoms with E-state index in [0.29, 0.717) is 19.5 Å². The van der Waals surface area contributed by atoms with Crippen LogP contribution in [-0.4, -0.2) is 58.8 Å². The van der Waals surface area contributed by atoms with E-state index in [9.17, 15) is 4.79 Å². The summed E-state index contributed by atoms with van der Waals surface area (Å²) < 4.78 is 1.66. The number of aromatic nitrogens is 3. The molecular weight excluding hydrogens is 304 g/mol. The molecule has 0 spiro atoms. The molecule has 1 aliphatic heterocycles. The second-order valence-electron chi connectivity index (χ2n) is 6.10. The number of aryl methyl sites for hydroxylation is 1. The highest BCUT2D eigenvalue weighted by Gasteiger charge is 2.16. The lowest BCUT2D eigenvalue weighted by Crippen LogP contribution is -2.45. The number of para-hydroxylation sites is 1. The molecular formula is C17H24N6O. The molecule has 2 heterocycles. The molecule has 0 saturated carbocycles. The molecule has 1 aliphatic rings. The van der Waals surface area contributed by atoms with Crippen LogP contribution < -0.4 is 10.2 Å². The number of piperazine rings is 1. The molecule has 2 aromatic rings. The predicted molar refractivity (Wildman–Crippen MR) is 92.6 cm³/mol. The maximum atomic E-state index is 12.0. The number of anilines is 1. The normalized spacial score (nSPS) is 15.5. The minimum atomic E-state index is 0.0266. The second-order valence-corrected chi connectivity index (χ2v) is 6.10. The van der Waals surface area contributed by atoms with Gasteiger partial charge < -0.3 is 15.1 Å². The number of hydrogen-bond donors (Lipinski definition) is 1. The number of amides is 1. The van der Waals surface area contributed by atoms with Gasteiger partial charge in [-0.1, -0.05) is 18.2 Å². The standard InChI is InChI=1S/C17H24N6O/c1-21-8-10-22(11-9-21)16-5-3-2-4-15(16)12-19-17(24)6-7-23-14-18-13-20-23/h2-5,13-14H,6-12H2,1H3,(H,19,24). The Morgan fingerprint density at radius 3 is 2.75 bits per heavy atom. The lowest BCUT2D eigenvalue weighted by Gasteiger charge is -2.35. The van der Waals surface area contributed by atoms with Gasteiger partial charge in [0.15, 0.2) is 0 Å². The van der Waals surface area contributed by atoms with Crippen LogP contribution >= 0.6 is 0 Å². The van der Waals surface area contributed by atoms with E-state index in [1.54, 1.807) is 11.0 Å². The quantitative estimate of drug-likeness (QED) is 0.847. The zero-order valence-corrected chi connectivity index (χ0v) is 14.1. The van der Waals surface area contributed by atoms with Crippen molar-refractivity contribution in [2.45, 2.75) is 19.5 Å². The largest absolute Gasteiger partial charge is 0.369 e. The van der Waals surface area contributed by atoms with Crippen molar-refractivity contribution < 1.29 is 4.79 Å². The summed E-state index contributed by atoms with van der Waals surface area (Å²) in [6, 6.07) is 8.31. The number of carbonyl (C=O) groups is 1. The third-order valence-corrected chi connectivity index (χ3v) is 4.35. The Labute approximate surface area is 142 Å². The summed E-state index contributed by atoms with van der Waals surface area (Å²) >= 11 is 0. The van der Waals surface area contributed by atoms with Crippen molar-refractivity contribution in [3.05, 3.63) is 42.5 Å². The van der Waals surface area contributed by atoms with Crippen LogP contribution in [0.3, 0.4) is 0 Å². The third kappa shape index (κ3) is 4.32. The lowest BCUT2D eigenvalue weighted by atomic mass is 10.1. The molecule has 0 bridgehead atoms. The average Bonchev–Trinajstić information content (AvgIpc) is 3.13. The number of benzene rings is 1. The van der Waals surface area contributed by atoms with Crippen molar-refractivity contribution in [1.29, 1.82) is 0 Å². The number of nitrogens with zero attached hydrogens (tertiary/aromatic N) is 5. The first-order valence-electron chi connectivity index (χ1n) is 8.33. The van der Waals surface area contributed by atoms with E-state index in [1.807, 2.05) is 6.07 Å². The van der Waals surface area contributed by atoms with Gasteiger partial charge in [0.1, 0.15) is 12.7 Å². The lowest BCUT2D eigenvalue weighted by molar-refractivity contribution is -0.121. The summed E-state index contributed by atoms with van der Waals surface area (Å²) in [7, 11) is 2.15. The van der Waals surface area contributed by atoms with Crippen LogP contribution in [0.4, 0.5) is 5.69 Å². The van der Waals surface area contributed by atoms with Crippen molar-refractivity contribution >= 4 is 11.6 Å². The van der Waals surface area contributed by atoms with Gasteiger partial charge in [0.05, 0.1) is 6.54 Å². The molecule has 0 aliphatic carbocycles. The zero-order valence-electron chi connectivity index (χ0n) is 14.1. The van der Waals surface area contributed by atoms with E-state index in [0.717, 1.165) is 31.7 Å². The van der Waals surface area contributed by atoms with Gasteiger partial charge in [-0.05, 0) is 18.7 Å². The molecule has 1 fully saturated rings. The summed E-state index contributed by atoms with van der Waals surface area (Å²) in [6.07, 6.45) is 3.50. The Balaban J connectivity index is 1.54. The zero-order chi connectivity index (χ0) is 16.8. The minimum absolute atomic E-state index is 0.0266. The van der Waals surface area contributed by atoms with Crippen LogP contribution in [0.1, 0.15) is 12.0 Å². The first kappa shape index (κ1) is 16.4. The van der Waals surface area contributed by atoms with Gasteiger partial charge in [0.2, 0.25) is 5.91 Å². The Bertz CT molecular complexity index is 649. The maximum Gasteiger partial charge on any atom is 0.222 e. The molecule has 3 rings (SSSR count). The van der Waals surface area contributed by atoms with Crippen molar-refractivity contribution in [3.8, 4) is 0 Å². The number of rotatable bonds is 6. The fourth-order valence-electron chi connectivity index (χ4n) is 2.86. The van der Waals surface area contributed by atoms with E-state index in [1.165, 1.54) is 12.0 Å². The molecule has 1 aromatic carbocycles. The molecule has 1 N–H and O–H groups in total. The molecule has 1 aromatic heterocycles. The van der Waals surface area contributed by atoms with Crippen LogP contribution in [0.15, 0.2) is 36.9 Å². The molecule has 1 amide bonds. The average molecular weight is 328 g/mol. The molecule has 1 saturated heterocycles. The molecule has 0 unspecified atom stereocenters. The van der Waals surface area contributed by atoms with E-state index in [4.69, 9.17) is 0 Å². The van der Waals surface area contributed by atoms with E-state index < -0.39 is 0 Å². The van der Waals surface area contributed by atoms with Crippen LogP contribution in [-0.2, 0) is 17.9 Å². The molecule has 0 radical (unpaired) electrons. The highest BCUT2D eigenvalue weighted by molar-refractivity contribution is 5.76. The van der Waals surface area contributed by atoms with E-state index in [-0.39, 0.29) is 5.91 Å². The molecule has 7 heteroatoms. The topological polar surface area (TPSA) is 66.3 Å². The number of carbonyl (C=O) groups excluding carboxylic acids is 1. The molecule has 7 nitrogen and oxygen atoms in total. The third-order valence-electron chi connectivity index (χ3n) is 4.35. The summed E-state index contributed by atoms with van der Waals surface area (Å²) in [6.45, 7) is 5.28. The van der Waals surface area contributed by atoms with Crippen LogP contribution in [0.25, 0.3) is 0 Å². The van der Waals surface area contributed by atoms with Crippen LogP contribution in [0, 0.1) is 0 Å². The fourth-order valence-corrected chi connectivity index (χ4v) is 2.86. The first-order chi connectivity index (χ1) is 11.7. The Kier molecular flexibility index (Phi) is 5.43. The maximum absolute atomic E-state index is 12.0.